The van der Waals surface area contributed by atoms with Crippen molar-refractivity contribution in [3.63, 3.8) is 0 Å². The Morgan fingerprint density at radius 1 is 1.37 bits per heavy atom. The summed E-state index contributed by atoms with van der Waals surface area (Å²) in [6.07, 6.45) is 0. The lowest BCUT2D eigenvalue weighted by Gasteiger charge is -2.12. The van der Waals surface area contributed by atoms with Crippen LogP contribution in [0.3, 0.4) is 0 Å². The smallest absolute Gasteiger partial charge is 0.422 e. The average molecular weight is 263 g/mol. The van der Waals surface area contributed by atoms with Gasteiger partial charge < -0.3 is 9.52 Å². The number of benzene rings is 1. The van der Waals surface area contributed by atoms with Crippen molar-refractivity contribution < 1.29 is 14.3 Å². The van der Waals surface area contributed by atoms with Gasteiger partial charge in [0.25, 0.3) is 0 Å². The van der Waals surface area contributed by atoms with E-state index in [1.165, 1.54) is 10.6 Å². The minimum atomic E-state index is -1.09. The topological polar surface area (TPSA) is 89.5 Å². The lowest BCUT2D eigenvalue weighted by molar-refractivity contribution is 0.0696. The number of carboxylic acid groups (broad SMARTS) is 1. The Kier molecular flexibility index (Phi) is 3.01. The Hall–Kier alpha value is -2.37. The standard InChI is InChI=1S/C13H13NO5/c1-4-14-10-7(3)8(11(15)16)5-6(2)9(10)12(17)19-13(14)18/h5H,4H2,1-3H3,(H,15,16). The number of aryl methyl sites for hydroxylation is 3. The fourth-order valence-electron chi connectivity index (χ4n) is 2.28. The Bertz CT molecular complexity index is 797. The van der Waals surface area contributed by atoms with Crippen LogP contribution in [0, 0.1) is 13.8 Å². The van der Waals surface area contributed by atoms with E-state index >= 15 is 0 Å². The lowest BCUT2D eigenvalue weighted by atomic mass is 10.0. The van der Waals surface area contributed by atoms with Gasteiger partial charge in [0.2, 0.25) is 0 Å². The first kappa shape index (κ1) is 13.1. The molecule has 0 unspecified atom stereocenters. The maximum absolute atomic E-state index is 11.8. The van der Waals surface area contributed by atoms with Crippen LogP contribution in [0.4, 0.5) is 0 Å². The van der Waals surface area contributed by atoms with Crippen LogP contribution in [0.1, 0.15) is 28.4 Å². The van der Waals surface area contributed by atoms with Crippen LogP contribution < -0.4 is 11.4 Å². The summed E-state index contributed by atoms with van der Waals surface area (Å²) < 4.78 is 5.92. The minimum Gasteiger partial charge on any atom is -0.478 e. The first-order chi connectivity index (χ1) is 8.88. The molecule has 0 spiro atoms. The highest BCUT2D eigenvalue weighted by Gasteiger charge is 2.18. The van der Waals surface area contributed by atoms with Gasteiger partial charge in [-0.2, -0.15) is 0 Å². The Morgan fingerprint density at radius 2 is 2.00 bits per heavy atom. The van der Waals surface area contributed by atoms with Crippen molar-refractivity contribution in [3.05, 3.63) is 43.7 Å². The van der Waals surface area contributed by atoms with Crippen molar-refractivity contribution in [1.29, 1.82) is 0 Å². The molecule has 0 saturated heterocycles. The third kappa shape index (κ3) is 1.85. The number of carbonyl (C=O) groups is 1. The van der Waals surface area contributed by atoms with E-state index in [9.17, 15) is 14.4 Å². The maximum atomic E-state index is 11.8. The fraction of sp³-hybridized carbons (Fsp3) is 0.308. The zero-order valence-electron chi connectivity index (χ0n) is 10.8. The van der Waals surface area contributed by atoms with Crippen molar-refractivity contribution in [2.45, 2.75) is 27.3 Å². The predicted molar refractivity (Wildman–Crippen MR) is 68.9 cm³/mol. The normalized spacial score (nSPS) is 10.9. The number of nitrogens with zero attached hydrogens (tertiary/aromatic N) is 1. The summed E-state index contributed by atoms with van der Waals surface area (Å²) in [5, 5.41) is 9.42. The van der Waals surface area contributed by atoms with Crippen molar-refractivity contribution in [2.24, 2.45) is 0 Å². The fourth-order valence-corrected chi connectivity index (χ4v) is 2.28. The van der Waals surface area contributed by atoms with Crippen LogP contribution in [0.5, 0.6) is 0 Å². The monoisotopic (exact) mass is 263 g/mol. The van der Waals surface area contributed by atoms with Gasteiger partial charge in [-0.15, -0.1) is 0 Å². The summed E-state index contributed by atoms with van der Waals surface area (Å²) in [6.45, 7) is 5.22. The molecule has 2 aromatic rings. The molecule has 0 fully saturated rings. The molecule has 0 aliphatic rings. The molecular weight excluding hydrogens is 250 g/mol. The molecule has 19 heavy (non-hydrogen) atoms. The average Bonchev–Trinajstić information content (AvgIpc) is 2.32. The number of hydrogen-bond donors (Lipinski definition) is 1. The minimum absolute atomic E-state index is 0.0807. The van der Waals surface area contributed by atoms with Crippen molar-refractivity contribution in [1.82, 2.24) is 4.57 Å². The second kappa shape index (κ2) is 4.38. The highest BCUT2D eigenvalue weighted by molar-refractivity contribution is 5.97. The largest absolute Gasteiger partial charge is 0.478 e. The van der Waals surface area contributed by atoms with Gasteiger partial charge in [-0.25, -0.2) is 14.4 Å². The molecule has 6 heteroatoms. The number of carboxylic acids is 1. The Morgan fingerprint density at radius 3 is 2.53 bits per heavy atom. The van der Waals surface area contributed by atoms with Crippen LogP contribution in [0.2, 0.25) is 0 Å². The van der Waals surface area contributed by atoms with E-state index in [0.29, 0.717) is 23.2 Å². The number of rotatable bonds is 2. The van der Waals surface area contributed by atoms with Crippen molar-refractivity contribution in [3.8, 4) is 0 Å². The van der Waals surface area contributed by atoms with Crippen molar-refractivity contribution >= 4 is 16.9 Å². The van der Waals surface area contributed by atoms with Gasteiger partial charge in [0.1, 0.15) is 0 Å². The first-order valence-corrected chi connectivity index (χ1v) is 5.79. The molecule has 0 saturated carbocycles. The van der Waals surface area contributed by atoms with Gasteiger partial charge in [-0.05, 0) is 38.0 Å². The SMILES string of the molecule is CCn1c(=O)oc(=O)c2c(C)cc(C(=O)O)c(C)c21. The van der Waals surface area contributed by atoms with Gasteiger partial charge in [-0.3, -0.25) is 4.57 Å². The third-order valence-electron chi connectivity index (χ3n) is 3.17. The zero-order chi connectivity index (χ0) is 14.3. The second-order valence-corrected chi connectivity index (χ2v) is 4.29. The van der Waals surface area contributed by atoms with E-state index in [0.717, 1.165) is 0 Å². The molecule has 0 radical (unpaired) electrons. The van der Waals surface area contributed by atoms with E-state index in [2.05, 4.69) is 4.42 Å². The van der Waals surface area contributed by atoms with Crippen LogP contribution in [-0.4, -0.2) is 15.6 Å². The molecule has 0 atom stereocenters. The Labute approximate surface area is 107 Å². The van der Waals surface area contributed by atoms with Gasteiger partial charge in [0.15, 0.2) is 0 Å². The van der Waals surface area contributed by atoms with Crippen LogP contribution in [0.15, 0.2) is 20.1 Å². The summed E-state index contributed by atoms with van der Waals surface area (Å²) in [4.78, 5) is 34.7. The van der Waals surface area contributed by atoms with Crippen LogP contribution in [0.25, 0.3) is 10.9 Å². The van der Waals surface area contributed by atoms with E-state index in [1.807, 2.05) is 0 Å². The van der Waals surface area contributed by atoms with Gasteiger partial charge >= 0.3 is 17.4 Å². The maximum Gasteiger partial charge on any atom is 0.422 e. The van der Waals surface area contributed by atoms with E-state index in [1.54, 1.807) is 20.8 Å². The molecule has 2 rings (SSSR count). The first-order valence-electron chi connectivity index (χ1n) is 5.79. The molecule has 0 amide bonds. The van der Waals surface area contributed by atoms with Gasteiger partial charge in [0, 0.05) is 6.54 Å². The summed E-state index contributed by atoms with van der Waals surface area (Å²) in [7, 11) is 0. The number of fused-ring (bicyclic) bond motifs is 1. The summed E-state index contributed by atoms with van der Waals surface area (Å²) in [5.74, 6) is -1.86. The lowest BCUT2D eigenvalue weighted by Crippen LogP contribution is -2.26. The Balaban J connectivity index is 3.18. The van der Waals surface area contributed by atoms with Crippen LogP contribution in [-0.2, 0) is 6.54 Å². The molecule has 0 aliphatic heterocycles. The van der Waals surface area contributed by atoms with Crippen molar-refractivity contribution in [2.75, 3.05) is 0 Å². The third-order valence-corrected chi connectivity index (χ3v) is 3.17. The zero-order valence-corrected chi connectivity index (χ0v) is 10.8. The number of hydrogen-bond acceptors (Lipinski definition) is 4. The van der Waals surface area contributed by atoms with Gasteiger partial charge in [0.05, 0.1) is 16.5 Å². The molecule has 1 N–H and O–H groups in total. The highest BCUT2D eigenvalue weighted by Crippen LogP contribution is 2.22. The van der Waals surface area contributed by atoms with E-state index in [-0.39, 0.29) is 10.9 Å². The summed E-state index contributed by atoms with van der Waals surface area (Å²) >= 11 is 0. The molecule has 0 aliphatic carbocycles. The molecule has 0 bridgehead atoms. The summed E-state index contributed by atoms with van der Waals surface area (Å²) in [5.41, 5.74) is 0.550. The second-order valence-electron chi connectivity index (χ2n) is 4.29. The summed E-state index contributed by atoms with van der Waals surface area (Å²) in [6, 6.07) is 1.42. The predicted octanol–water partition coefficient (Wildman–Crippen LogP) is 1.29. The molecule has 100 valence electrons. The quantitative estimate of drug-likeness (QED) is 0.881. The van der Waals surface area contributed by atoms with Gasteiger partial charge in [-0.1, -0.05) is 0 Å². The molecular formula is C13H13NO5. The number of aromatic nitrogens is 1. The van der Waals surface area contributed by atoms with E-state index < -0.39 is 17.4 Å². The molecule has 1 aromatic carbocycles. The number of aromatic carboxylic acids is 1. The van der Waals surface area contributed by atoms with E-state index in [4.69, 9.17) is 5.11 Å². The molecule has 6 nitrogen and oxygen atoms in total. The molecule has 1 heterocycles. The highest BCUT2D eigenvalue weighted by atomic mass is 16.4. The van der Waals surface area contributed by atoms with Crippen LogP contribution >= 0.6 is 0 Å². The molecule has 1 aromatic heterocycles.